The fraction of sp³-hybridized carbons (Fsp3) is 0.333. The highest BCUT2D eigenvalue weighted by Gasteiger charge is 2.21. The summed E-state index contributed by atoms with van der Waals surface area (Å²) in [6.45, 7) is 2.83. The van der Waals surface area contributed by atoms with Crippen molar-refractivity contribution in [3.63, 3.8) is 0 Å². The van der Waals surface area contributed by atoms with Crippen LogP contribution in [-0.4, -0.2) is 53.8 Å². The van der Waals surface area contributed by atoms with E-state index in [4.69, 9.17) is 5.73 Å². The Morgan fingerprint density at radius 3 is 2.31 bits per heavy atom. The van der Waals surface area contributed by atoms with Crippen LogP contribution in [0.2, 0.25) is 0 Å². The number of carbonyl (C=O) groups is 3. The predicted molar refractivity (Wildman–Crippen MR) is 110 cm³/mol. The molecular formula is C21H25N5O3. The molecule has 0 spiro atoms. The van der Waals surface area contributed by atoms with Crippen LogP contribution < -0.4 is 16.0 Å². The van der Waals surface area contributed by atoms with E-state index in [2.05, 4.69) is 15.2 Å². The molecule has 8 nitrogen and oxygen atoms in total. The van der Waals surface area contributed by atoms with Gasteiger partial charge in [0.25, 0.3) is 0 Å². The molecule has 0 radical (unpaired) electrons. The molecule has 0 saturated carbocycles. The van der Waals surface area contributed by atoms with Crippen LogP contribution in [0.25, 0.3) is 0 Å². The van der Waals surface area contributed by atoms with Crippen molar-refractivity contribution in [2.75, 3.05) is 36.4 Å². The van der Waals surface area contributed by atoms with Crippen LogP contribution in [0.15, 0.2) is 48.7 Å². The first-order valence-electron chi connectivity index (χ1n) is 9.66. The molecule has 0 aliphatic carbocycles. The Bertz CT molecular complexity index is 846. The van der Waals surface area contributed by atoms with Crippen LogP contribution >= 0.6 is 0 Å². The number of rotatable bonds is 7. The fourth-order valence-corrected chi connectivity index (χ4v) is 3.23. The van der Waals surface area contributed by atoms with Crippen LogP contribution in [0.3, 0.4) is 0 Å². The molecule has 2 aromatic rings. The zero-order valence-corrected chi connectivity index (χ0v) is 16.2. The third kappa shape index (κ3) is 5.78. The molecule has 3 amide bonds. The van der Waals surface area contributed by atoms with Gasteiger partial charge in [0, 0.05) is 56.5 Å². The van der Waals surface area contributed by atoms with E-state index < -0.39 is 5.91 Å². The number of piperazine rings is 1. The fourth-order valence-electron chi connectivity index (χ4n) is 3.23. The van der Waals surface area contributed by atoms with Gasteiger partial charge in [-0.1, -0.05) is 6.07 Å². The number of nitrogens with one attached hydrogen (secondary N) is 1. The summed E-state index contributed by atoms with van der Waals surface area (Å²) in [4.78, 5) is 43.9. The van der Waals surface area contributed by atoms with Gasteiger partial charge in [0.1, 0.15) is 5.82 Å². The van der Waals surface area contributed by atoms with Gasteiger partial charge < -0.3 is 20.9 Å². The van der Waals surface area contributed by atoms with Crippen molar-refractivity contribution in [3.05, 3.63) is 54.2 Å². The van der Waals surface area contributed by atoms with Gasteiger partial charge >= 0.3 is 0 Å². The van der Waals surface area contributed by atoms with Crippen molar-refractivity contribution in [1.82, 2.24) is 9.88 Å². The predicted octanol–water partition coefficient (Wildman–Crippen LogP) is 1.64. The standard InChI is InChI=1S/C21H25N5O3/c22-21(29)16-7-9-17(10-8-16)24-19(27)5-3-6-20(28)26-14-12-25(13-15-26)18-4-1-2-11-23-18/h1-2,4,7-11H,3,5-6,12-15H2,(H2,22,29)(H,24,27). The number of hydrogen-bond acceptors (Lipinski definition) is 5. The zero-order valence-electron chi connectivity index (χ0n) is 16.2. The molecule has 0 unspecified atom stereocenters. The Balaban J connectivity index is 1.36. The molecule has 152 valence electrons. The lowest BCUT2D eigenvalue weighted by Crippen LogP contribution is -2.49. The van der Waals surface area contributed by atoms with Crippen molar-refractivity contribution in [2.45, 2.75) is 19.3 Å². The van der Waals surface area contributed by atoms with Gasteiger partial charge in [-0.05, 0) is 42.8 Å². The second-order valence-corrected chi connectivity index (χ2v) is 6.90. The number of hydrogen-bond donors (Lipinski definition) is 2. The first-order chi connectivity index (χ1) is 14.0. The second kappa shape index (κ2) is 9.68. The van der Waals surface area contributed by atoms with E-state index in [1.54, 1.807) is 30.5 Å². The maximum Gasteiger partial charge on any atom is 0.248 e. The second-order valence-electron chi connectivity index (χ2n) is 6.90. The van der Waals surface area contributed by atoms with E-state index in [9.17, 15) is 14.4 Å². The van der Waals surface area contributed by atoms with Crippen molar-refractivity contribution < 1.29 is 14.4 Å². The summed E-state index contributed by atoms with van der Waals surface area (Å²) < 4.78 is 0. The summed E-state index contributed by atoms with van der Waals surface area (Å²) in [5.41, 5.74) is 6.17. The van der Waals surface area contributed by atoms with Gasteiger partial charge in [0.15, 0.2) is 0 Å². The van der Waals surface area contributed by atoms with E-state index in [1.807, 2.05) is 23.1 Å². The number of nitrogens with zero attached hydrogens (tertiary/aromatic N) is 3. The molecule has 3 N–H and O–H groups in total. The number of carbonyl (C=O) groups excluding carboxylic acids is 3. The summed E-state index contributed by atoms with van der Waals surface area (Å²) in [5, 5.41) is 2.76. The maximum absolute atomic E-state index is 12.4. The van der Waals surface area contributed by atoms with Gasteiger partial charge in [0.2, 0.25) is 17.7 Å². The number of amides is 3. The minimum atomic E-state index is -0.512. The lowest BCUT2D eigenvalue weighted by molar-refractivity contribution is -0.131. The molecule has 0 bridgehead atoms. The summed E-state index contributed by atoms with van der Waals surface area (Å²) in [6, 6.07) is 12.2. The van der Waals surface area contributed by atoms with Gasteiger partial charge in [-0.15, -0.1) is 0 Å². The minimum Gasteiger partial charge on any atom is -0.366 e. The number of aromatic nitrogens is 1. The smallest absolute Gasteiger partial charge is 0.248 e. The van der Waals surface area contributed by atoms with Crippen LogP contribution in [-0.2, 0) is 9.59 Å². The van der Waals surface area contributed by atoms with Crippen LogP contribution in [0.4, 0.5) is 11.5 Å². The third-order valence-electron chi connectivity index (χ3n) is 4.85. The first kappa shape index (κ1) is 20.3. The third-order valence-corrected chi connectivity index (χ3v) is 4.85. The lowest BCUT2D eigenvalue weighted by atomic mass is 10.1. The van der Waals surface area contributed by atoms with Crippen molar-refractivity contribution in [1.29, 1.82) is 0 Å². The van der Waals surface area contributed by atoms with Crippen molar-refractivity contribution >= 4 is 29.2 Å². The van der Waals surface area contributed by atoms with Gasteiger partial charge in [-0.2, -0.15) is 0 Å². The van der Waals surface area contributed by atoms with E-state index in [1.165, 1.54) is 0 Å². The molecule has 29 heavy (non-hydrogen) atoms. The van der Waals surface area contributed by atoms with Crippen LogP contribution in [0.1, 0.15) is 29.6 Å². The number of anilines is 2. The van der Waals surface area contributed by atoms with Gasteiger partial charge in [0.05, 0.1) is 0 Å². The molecule has 1 saturated heterocycles. The molecule has 8 heteroatoms. The lowest BCUT2D eigenvalue weighted by Gasteiger charge is -2.35. The van der Waals surface area contributed by atoms with E-state index in [0.29, 0.717) is 37.2 Å². The Morgan fingerprint density at radius 2 is 1.69 bits per heavy atom. The highest BCUT2D eigenvalue weighted by molar-refractivity contribution is 5.94. The van der Waals surface area contributed by atoms with E-state index >= 15 is 0 Å². The van der Waals surface area contributed by atoms with Crippen molar-refractivity contribution in [3.8, 4) is 0 Å². The molecule has 1 aromatic carbocycles. The van der Waals surface area contributed by atoms with Gasteiger partial charge in [-0.25, -0.2) is 4.98 Å². The van der Waals surface area contributed by atoms with Gasteiger partial charge in [-0.3, -0.25) is 14.4 Å². The molecule has 1 aliphatic heterocycles. The maximum atomic E-state index is 12.4. The van der Waals surface area contributed by atoms with Crippen LogP contribution in [0.5, 0.6) is 0 Å². The largest absolute Gasteiger partial charge is 0.366 e. The Kier molecular flexibility index (Phi) is 6.78. The molecule has 1 fully saturated rings. The van der Waals surface area contributed by atoms with E-state index in [-0.39, 0.29) is 18.2 Å². The first-order valence-corrected chi connectivity index (χ1v) is 9.66. The average molecular weight is 395 g/mol. The highest BCUT2D eigenvalue weighted by atomic mass is 16.2. The topological polar surface area (TPSA) is 109 Å². The monoisotopic (exact) mass is 395 g/mol. The summed E-state index contributed by atoms with van der Waals surface area (Å²) in [6.07, 6.45) is 2.86. The highest BCUT2D eigenvalue weighted by Crippen LogP contribution is 2.14. The number of benzene rings is 1. The normalized spacial score (nSPS) is 13.8. The SMILES string of the molecule is NC(=O)c1ccc(NC(=O)CCCC(=O)N2CCN(c3ccccn3)CC2)cc1. The van der Waals surface area contributed by atoms with Crippen molar-refractivity contribution in [2.24, 2.45) is 5.73 Å². The number of primary amides is 1. The molecule has 2 heterocycles. The number of nitrogens with two attached hydrogens (primary N) is 1. The Morgan fingerprint density at radius 1 is 0.966 bits per heavy atom. The van der Waals surface area contributed by atoms with Crippen LogP contribution in [0, 0.1) is 0 Å². The molecule has 3 rings (SSSR count). The summed E-state index contributed by atoms with van der Waals surface area (Å²) in [7, 11) is 0. The molecule has 1 aromatic heterocycles. The van der Waals surface area contributed by atoms with E-state index in [0.717, 1.165) is 18.9 Å². The molecule has 1 aliphatic rings. The quantitative estimate of drug-likeness (QED) is 0.741. The minimum absolute atomic E-state index is 0.0734. The summed E-state index contributed by atoms with van der Waals surface area (Å²) >= 11 is 0. The summed E-state index contributed by atoms with van der Waals surface area (Å²) in [5.74, 6) is 0.330. The number of pyridine rings is 1. The average Bonchev–Trinajstić information content (AvgIpc) is 2.75. The molecule has 0 atom stereocenters. The Hall–Kier alpha value is -3.42. The zero-order chi connectivity index (χ0) is 20.6. The molecular weight excluding hydrogens is 370 g/mol. The Labute approximate surface area is 169 Å².